The molecule has 6 heteroatoms. The maximum Gasteiger partial charge on any atom is 0.224 e. The molecule has 1 saturated heterocycles. The van der Waals surface area contributed by atoms with Crippen LogP contribution in [0, 0.1) is 5.92 Å². The fraction of sp³-hybridized carbons (Fsp3) is 0.278. The van der Waals surface area contributed by atoms with Gasteiger partial charge in [0.15, 0.2) is 9.84 Å². The zero-order chi connectivity index (χ0) is 17.0. The van der Waals surface area contributed by atoms with E-state index in [0.29, 0.717) is 17.9 Å². The molecule has 5 nitrogen and oxygen atoms in total. The lowest BCUT2D eigenvalue weighted by Gasteiger charge is -2.10. The van der Waals surface area contributed by atoms with Crippen molar-refractivity contribution in [2.45, 2.75) is 12.8 Å². The summed E-state index contributed by atoms with van der Waals surface area (Å²) >= 11 is 0. The van der Waals surface area contributed by atoms with E-state index < -0.39 is 9.84 Å². The Morgan fingerprint density at radius 1 is 1.04 bits per heavy atom. The third-order valence-corrected chi connectivity index (χ3v) is 5.75. The number of anilines is 1. The van der Waals surface area contributed by atoms with E-state index in [2.05, 4.69) is 5.32 Å². The van der Waals surface area contributed by atoms with Gasteiger partial charge in [-0.25, -0.2) is 8.42 Å². The summed E-state index contributed by atoms with van der Waals surface area (Å²) in [6.45, 7) is 0. The first-order valence-corrected chi connectivity index (χ1v) is 9.65. The summed E-state index contributed by atoms with van der Waals surface area (Å²) in [6, 6.07) is 16.5. The van der Waals surface area contributed by atoms with Gasteiger partial charge in [0.25, 0.3) is 0 Å². The first-order chi connectivity index (χ1) is 11.5. The third-order valence-electron chi connectivity index (χ3n) is 3.92. The molecule has 0 bridgehead atoms. The van der Waals surface area contributed by atoms with E-state index in [9.17, 15) is 13.2 Å². The van der Waals surface area contributed by atoms with Crippen molar-refractivity contribution in [1.82, 2.24) is 0 Å². The topological polar surface area (TPSA) is 72.5 Å². The van der Waals surface area contributed by atoms with Crippen molar-refractivity contribution in [3.63, 3.8) is 0 Å². The number of benzene rings is 2. The van der Waals surface area contributed by atoms with Crippen LogP contribution in [0.4, 0.5) is 5.69 Å². The van der Waals surface area contributed by atoms with Crippen molar-refractivity contribution in [2.75, 3.05) is 16.8 Å². The molecule has 0 spiro atoms. The van der Waals surface area contributed by atoms with Gasteiger partial charge < -0.3 is 10.1 Å². The average molecular weight is 345 g/mol. The molecule has 0 aromatic heterocycles. The SMILES string of the molecule is O=C(CC1CCS(=O)(=O)C1)Nc1ccc(Oc2ccccc2)cc1. The van der Waals surface area contributed by atoms with E-state index in [0.717, 1.165) is 5.75 Å². The number of carbonyl (C=O) groups excluding carboxylic acids is 1. The first-order valence-electron chi connectivity index (χ1n) is 7.83. The van der Waals surface area contributed by atoms with Gasteiger partial charge in [-0.3, -0.25) is 4.79 Å². The number of hydrogen-bond donors (Lipinski definition) is 1. The smallest absolute Gasteiger partial charge is 0.224 e. The molecule has 1 N–H and O–H groups in total. The van der Waals surface area contributed by atoms with Gasteiger partial charge in [0.2, 0.25) is 5.91 Å². The second-order valence-corrected chi connectivity index (χ2v) is 8.19. The molecule has 1 fully saturated rings. The Hall–Kier alpha value is -2.34. The first kappa shape index (κ1) is 16.5. The molecule has 1 heterocycles. The molecule has 1 amide bonds. The van der Waals surface area contributed by atoms with Crippen LogP contribution in [-0.2, 0) is 14.6 Å². The molecule has 0 radical (unpaired) electrons. The predicted octanol–water partition coefficient (Wildman–Crippen LogP) is 3.24. The lowest BCUT2D eigenvalue weighted by molar-refractivity contribution is -0.116. The molecule has 0 saturated carbocycles. The minimum atomic E-state index is -2.95. The van der Waals surface area contributed by atoms with Crippen molar-refractivity contribution < 1.29 is 17.9 Å². The Kier molecular flexibility index (Phi) is 4.85. The fourth-order valence-corrected chi connectivity index (χ4v) is 4.60. The van der Waals surface area contributed by atoms with Crippen LogP contribution < -0.4 is 10.1 Å². The van der Waals surface area contributed by atoms with Crippen LogP contribution in [0.3, 0.4) is 0 Å². The van der Waals surface area contributed by atoms with Gasteiger partial charge in [-0.15, -0.1) is 0 Å². The van der Waals surface area contributed by atoms with Crippen LogP contribution in [0.2, 0.25) is 0 Å². The molecule has 3 rings (SSSR count). The molecule has 1 aliphatic rings. The molecule has 126 valence electrons. The molecule has 2 aromatic carbocycles. The van der Waals surface area contributed by atoms with Crippen LogP contribution in [0.5, 0.6) is 11.5 Å². The number of sulfone groups is 1. The zero-order valence-electron chi connectivity index (χ0n) is 13.1. The second kappa shape index (κ2) is 7.05. The van der Waals surface area contributed by atoms with E-state index in [1.54, 1.807) is 24.3 Å². The van der Waals surface area contributed by atoms with Crippen LogP contribution in [0.25, 0.3) is 0 Å². The van der Waals surface area contributed by atoms with Gasteiger partial charge in [0, 0.05) is 12.1 Å². The number of ether oxygens (including phenoxy) is 1. The predicted molar refractivity (Wildman–Crippen MR) is 93.0 cm³/mol. The van der Waals surface area contributed by atoms with Crippen molar-refractivity contribution in [3.05, 3.63) is 54.6 Å². The van der Waals surface area contributed by atoms with Crippen molar-refractivity contribution in [1.29, 1.82) is 0 Å². The van der Waals surface area contributed by atoms with Gasteiger partial charge in [-0.2, -0.15) is 0 Å². The summed E-state index contributed by atoms with van der Waals surface area (Å²) in [7, 11) is -2.95. The number of amides is 1. The van der Waals surface area contributed by atoms with Gasteiger partial charge in [-0.05, 0) is 48.7 Å². The Labute approximate surface area is 141 Å². The molecule has 0 aliphatic carbocycles. The maximum atomic E-state index is 12.0. The third kappa shape index (κ3) is 4.58. The molecule has 1 unspecified atom stereocenters. The summed E-state index contributed by atoms with van der Waals surface area (Å²) in [4.78, 5) is 12.0. The zero-order valence-corrected chi connectivity index (χ0v) is 14.0. The Morgan fingerprint density at radius 3 is 2.33 bits per heavy atom. The highest BCUT2D eigenvalue weighted by atomic mass is 32.2. The summed E-state index contributed by atoms with van der Waals surface area (Å²) in [5.41, 5.74) is 0.668. The van der Waals surface area contributed by atoms with Crippen LogP contribution in [0.15, 0.2) is 54.6 Å². The lowest BCUT2D eigenvalue weighted by atomic mass is 10.1. The Bertz CT molecular complexity index is 801. The summed E-state index contributed by atoms with van der Waals surface area (Å²) in [6.07, 6.45) is 0.807. The normalized spacial score (nSPS) is 18.9. The minimum absolute atomic E-state index is 0.0734. The summed E-state index contributed by atoms with van der Waals surface area (Å²) in [5.74, 6) is 1.50. The number of nitrogens with one attached hydrogen (secondary N) is 1. The highest BCUT2D eigenvalue weighted by molar-refractivity contribution is 7.91. The Morgan fingerprint density at radius 2 is 1.71 bits per heavy atom. The molecule has 24 heavy (non-hydrogen) atoms. The number of hydrogen-bond acceptors (Lipinski definition) is 4. The molecular weight excluding hydrogens is 326 g/mol. The largest absolute Gasteiger partial charge is 0.457 e. The van der Waals surface area contributed by atoms with E-state index in [1.807, 2.05) is 30.3 Å². The van der Waals surface area contributed by atoms with E-state index in [1.165, 1.54) is 0 Å². The van der Waals surface area contributed by atoms with E-state index in [-0.39, 0.29) is 29.8 Å². The van der Waals surface area contributed by atoms with Crippen LogP contribution >= 0.6 is 0 Å². The summed E-state index contributed by atoms with van der Waals surface area (Å²) < 4.78 is 28.5. The van der Waals surface area contributed by atoms with Gasteiger partial charge in [0.1, 0.15) is 11.5 Å². The quantitative estimate of drug-likeness (QED) is 0.903. The Balaban J connectivity index is 1.53. The van der Waals surface area contributed by atoms with Gasteiger partial charge >= 0.3 is 0 Å². The minimum Gasteiger partial charge on any atom is -0.457 e. The van der Waals surface area contributed by atoms with Crippen LogP contribution in [0.1, 0.15) is 12.8 Å². The number of carbonyl (C=O) groups is 1. The van der Waals surface area contributed by atoms with Crippen molar-refractivity contribution in [3.8, 4) is 11.5 Å². The average Bonchev–Trinajstić information content (AvgIpc) is 2.89. The number of rotatable bonds is 5. The highest BCUT2D eigenvalue weighted by Crippen LogP contribution is 2.24. The van der Waals surface area contributed by atoms with Crippen LogP contribution in [-0.4, -0.2) is 25.8 Å². The molecule has 1 atom stereocenters. The molecular formula is C18H19NO4S. The maximum absolute atomic E-state index is 12.0. The second-order valence-electron chi connectivity index (χ2n) is 5.96. The standard InChI is InChI=1S/C18H19NO4S/c20-18(12-14-10-11-24(21,22)13-14)19-15-6-8-17(9-7-15)23-16-4-2-1-3-5-16/h1-9,14H,10-13H2,(H,19,20). The van der Waals surface area contributed by atoms with Crippen molar-refractivity contribution in [2.24, 2.45) is 5.92 Å². The fourth-order valence-electron chi connectivity index (χ4n) is 2.74. The van der Waals surface area contributed by atoms with E-state index in [4.69, 9.17) is 4.74 Å². The van der Waals surface area contributed by atoms with Gasteiger partial charge in [-0.1, -0.05) is 18.2 Å². The highest BCUT2D eigenvalue weighted by Gasteiger charge is 2.29. The molecule has 2 aromatic rings. The van der Waals surface area contributed by atoms with Crippen molar-refractivity contribution >= 4 is 21.4 Å². The lowest BCUT2D eigenvalue weighted by Crippen LogP contribution is -2.17. The summed E-state index contributed by atoms with van der Waals surface area (Å²) in [5, 5.41) is 2.80. The molecule has 1 aliphatic heterocycles. The van der Waals surface area contributed by atoms with Gasteiger partial charge in [0.05, 0.1) is 11.5 Å². The monoisotopic (exact) mass is 345 g/mol. The van der Waals surface area contributed by atoms with E-state index >= 15 is 0 Å². The number of para-hydroxylation sites is 1.